The van der Waals surface area contributed by atoms with Crippen LogP contribution in [-0.2, 0) is 0 Å². The molecule has 1 heteroatoms. The number of hydrogen-bond donors (Lipinski definition) is 0. The summed E-state index contributed by atoms with van der Waals surface area (Å²) >= 11 is 5.81. The molecule has 1 aliphatic rings. The predicted molar refractivity (Wildman–Crippen MR) is 52.3 cm³/mol. The third-order valence-corrected chi connectivity index (χ3v) is 2.71. The van der Waals surface area contributed by atoms with Gasteiger partial charge in [-0.25, -0.2) is 0 Å². The molecule has 1 radical (unpaired) electrons. The van der Waals surface area contributed by atoms with Crippen LogP contribution < -0.4 is 0 Å². The lowest BCUT2D eigenvalue weighted by atomic mass is 9.98. The van der Waals surface area contributed by atoms with E-state index in [1.165, 1.54) is 31.2 Å². The number of rotatable bonds is 1. The van der Waals surface area contributed by atoms with Crippen molar-refractivity contribution < 1.29 is 0 Å². The highest BCUT2D eigenvalue weighted by Gasteiger charge is 2.16. The summed E-state index contributed by atoms with van der Waals surface area (Å²) in [5, 5.41) is 0.831. The minimum Gasteiger partial charge on any atom is -0.0843 e. The molecule has 0 spiro atoms. The van der Waals surface area contributed by atoms with Crippen LogP contribution in [0.2, 0.25) is 5.02 Å². The van der Waals surface area contributed by atoms with Crippen molar-refractivity contribution in [3.63, 3.8) is 0 Å². The van der Waals surface area contributed by atoms with E-state index in [1.807, 2.05) is 12.1 Å². The number of benzene rings is 1. The van der Waals surface area contributed by atoms with E-state index in [0.29, 0.717) is 0 Å². The van der Waals surface area contributed by atoms with Gasteiger partial charge >= 0.3 is 0 Å². The van der Waals surface area contributed by atoms with Gasteiger partial charge in [0.15, 0.2) is 0 Å². The summed E-state index contributed by atoms with van der Waals surface area (Å²) in [7, 11) is 0. The standard InChI is InChI=1S/C11H12Cl/c12-11-7-5-10(6-8-11)9-3-1-2-4-9/h5-8H,1-4H2. The van der Waals surface area contributed by atoms with Crippen molar-refractivity contribution in [3.8, 4) is 0 Å². The highest BCUT2D eigenvalue weighted by atomic mass is 35.5. The van der Waals surface area contributed by atoms with E-state index < -0.39 is 0 Å². The van der Waals surface area contributed by atoms with Gasteiger partial charge in [-0.05, 0) is 30.5 Å². The maximum absolute atomic E-state index is 5.81. The molecular weight excluding hydrogens is 168 g/mol. The zero-order valence-electron chi connectivity index (χ0n) is 7.02. The summed E-state index contributed by atoms with van der Waals surface area (Å²) in [6.45, 7) is 0. The molecule has 0 unspecified atom stereocenters. The Kier molecular flexibility index (Phi) is 2.36. The Morgan fingerprint density at radius 1 is 0.917 bits per heavy atom. The van der Waals surface area contributed by atoms with Crippen molar-refractivity contribution in [3.05, 3.63) is 40.8 Å². The number of halogens is 1. The Hall–Kier alpha value is -0.490. The molecule has 0 aromatic heterocycles. The van der Waals surface area contributed by atoms with Crippen LogP contribution in [0.3, 0.4) is 0 Å². The first-order chi connectivity index (χ1) is 5.86. The smallest absolute Gasteiger partial charge is 0.0406 e. The van der Waals surface area contributed by atoms with E-state index in [-0.39, 0.29) is 0 Å². The molecule has 2 rings (SSSR count). The molecule has 0 nitrogen and oxygen atoms in total. The Morgan fingerprint density at radius 3 is 2.08 bits per heavy atom. The van der Waals surface area contributed by atoms with Crippen molar-refractivity contribution in [2.45, 2.75) is 25.7 Å². The van der Waals surface area contributed by atoms with E-state index in [2.05, 4.69) is 12.1 Å². The maximum Gasteiger partial charge on any atom is 0.0406 e. The predicted octanol–water partition coefficient (Wildman–Crippen LogP) is 3.84. The molecule has 0 aliphatic heterocycles. The van der Waals surface area contributed by atoms with Gasteiger partial charge in [0, 0.05) is 10.9 Å². The molecule has 1 aliphatic carbocycles. The van der Waals surface area contributed by atoms with Crippen LogP contribution in [0, 0.1) is 5.92 Å². The van der Waals surface area contributed by atoms with Crippen LogP contribution in [0.5, 0.6) is 0 Å². The molecule has 0 saturated heterocycles. The van der Waals surface area contributed by atoms with Crippen molar-refractivity contribution >= 4 is 11.6 Å². The van der Waals surface area contributed by atoms with Gasteiger partial charge in [0.2, 0.25) is 0 Å². The Labute approximate surface area is 78.6 Å². The van der Waals surface area contributed by atoms with Gasteiger partial charge in [0.1, 0.15) is 0 Å². The van der Waals surface area contributed by atoms with Crippen LogP contribution in [-0.4, -0.2) is 0 Å². The molecule has 63 valence electrons. The summed E-state index contributed by atoms with van der Waals surface area (Å²) in [5.41, 5.74) is 1.39. The van der Waals surface area contributed by atoms with Gasteiger partial charge < -0.3 is 0 Å². The average molecular weight is 180 g/mol. The zero-order chi connectivity index (χ0) is 8.39. The Balaban J connectivity index is 2.17. The zero-order valence-corrected chi connectivity index (χ0v) is 7.77. The fourth-order valence-corrected chi connectivity index (χ4v) is 1.90. The topological polar surface area (TPSA) is 0 Å². The maximum atomic E-state index is 5.81. The first-order valence-electron chi connectivity index (χ1n) is 4.47. The lowest BCUT2D eigenvalue weighted by molar-refractivity contribution is 0.886. The van der Waals surface area contributed by atoms with Crippen molar-refractivity contribution in [2.75, 3.05) is 0 Å². The summed E-state index contributed by atoms with van der Waals surface area (Å²) in [4.78, 5) is 0. The average Bonchev–Trinajstić information content (AvgIpc) is 2.58. The minimum absolute atomic E-state index is 0.831. The van der Waals surface area contributed by atoms with E-state index in [4.69, 9.17) is 11.6 Å². The van der Waals surface area contributed by atoms with E-state index in [1.54, 1.807) is 5.92 Å². The van der Waals surface area contributed by atoms with Gasteiger partial charge in [0.25, 0.3) is 0 Å². The van der Waals surface area contributed by atoms with E-state index in [9.17, 15) is 0 Å². The molecule has 0 bridgehead atoms. The fourth-order valence-electron chi connectivity index (χ4n) is 1.78. The lowest BCUT2D eigenvalue weighted by Gasteiger charge is -2.07. The largest absolute Gasteiger partial charge is 0.0843 e. The minimum atomic E-state index is 0.831. The third kappa shape index (κ3) is 1.64. The first kappa shape index (κ1) is 8.12. The van der Waals surface area contributed by atoms with Crippen molar-refractivity contribution in [1.82, 2.24) is 0 Å². The fraction of sp³-hybridized carbons (Fsp3) is 0.364. The summed E-state index contributed by atoms with van der Waals surface area (Å²) in [6.07, 6.45) is 5.28. The quantitative estimate of drug-likeness (QED) is 0.615. The van der Waals surface area contributed by atoms with Gasteiger partial charge in [-0.15, -0.1) is 0 Å². The van der Waals surface area contributed by atoms with Crippen LogP contribution in [0.25, 0.3) is 0 Å². The highest BCUT2D eigenvalue weighted by molar-refractivity contribution is 6.30. The monoisotopic (exact) mass is 179 g/mol. The van der Waals surface area contributed by atoms with Gasteiger partial charge in [-0.1, -0.05) is 36.6 Å². The lowest BCUT2D eigenvalue weighted by Crippen LogP contribution is -1.91. The summed E-state index contributed by atoms with van der Waals surface area (Å²) in [5.74, 6) is 1.60. The molecular formula is C11H12Cl. The van der Waals surface area contributed by atoms with Crippen molar-refractivity contribution in [2.24, 2.45) is 0 Å². The molecule has 0 atom stereocenters. The Morgan fingerprint density at radius 2 is 1.50 bits per heavy atom. The second-order valence-corrected chi connectivity index (χ2v) is 3.75. The summed E-state index contributed by atoms with van der Waals surface area (Å²) < 4.78 is 0. The van der Waals surface area contributed by atoms with Gasteiger partial charge in [0.05, 0.1) is 0 Å². The normalized spacial score (nSPS) is 18.4. The molecule has 0 N–H and O–H groups in total. The Bertz CT molecular complexity index is 244. The second kappa shape index (κ2) is 3.49. The van der Waals surface area contributed by atoms with Gasteiger partial charge in [-0.3, -0.25) is 0 Å². The molecule has 1 saturated carbocycles. The first-order valence-corrected chi connectivity index (χ1v) is 4.85. The molecule has 0 heterocycles. The molecule has 1 aromatic carbocycles. The second-order valence-electron chi connectivity index (χ2n) is 3.32. The van der Waals surface area contributed by atoms with Crippen LogP contribution >= 0.6 is 11.6 Å². The van der Waals surface area contributed by atoms with Crippen LogP contribution in [0.4, 0.5) is 0 Å². The SMILES string of the molecule is Clc1ccc([C]2CCCC2)cc1. The van der Waals surface area contributed by atoms with Crippen LogP contribution in [0.15, 0.2) is 24.3 Å². The molecule has 1 fully saturated rings. The van der Waals surface area contributed by atoms with Crippen molar-refractivity contribution in [1.29, 1.82) is 0 Å². The number of hydrogen-bond acceptors (Lipinski definition) is 0. The summed E-state index contributed by atoms with van der Waals surface area (Å²) in [6, 6.07) is 8.20. The highest BCUT2D eigenvalue weighted by Crippen LogP contribution is 2.33. The third-order valence-electron chi connectivity index (χ3n) is 2.46. The van der Waals surface area contributed by atoms with E-state index in [0.717, 1.165) is 5.02 Å². The van der Waals surface area contributed by atoms with Gasteiger partial charge in [-0.2, -0.15) is 0 Å². The molecule has 0 amide bonds. The molecule has 1 aromatic rings. The van der Waals surface area contributed by atoms with Crippen LogP contribution in [0.1, 0.15) is 31.2 Å². The molecule has 12 heavy (non-hydrogen) atoms. The van der Waals surface area contributed by atoms with E-state index >= 15 is 0 Å².